The van der Waals surface area contributed by atoms with Crippen LogP contribution < -0.4 is 10.2 Å². The number of nitrogens with zero attached hydrogens (tertiary/aromatic N) is 1. The van der Waals surface area contributed by atoms with Gasteiger partial charge in [-0.25, -0.2) is 0 Å². The number of aliphatic hydroxyl groups is 1. The minimum absolute atomic E-state index is 0.0200. The van der Waals surface area contributed by atoms with Crippen molar-refractivity contribution in [2.24, 2.45) is 0 Å². The molecule has 2 N–H and O–H groups in total. The zero-order valence-corrected chi connectivity index (χ0v) is 10.4. The van der Waals surface area contributed by atoms with Gasteiger partial charge in [-0.1, -0.05) is 12.1 Å². The van der Waals surface area contributed by atoms with Crippen LogP contribution in [-0.2, 0) is 4.79 Å². The number of benzene rings is 1. The molecule has 17 heavy (non-hydrogen) atoms. The molecule has 0 aliphatic carbocycles. The molecule has 0 aliphatic heterocycles. The van der Waals surface area contributed by atoms with E-state index in [4.69, 9.17) is 5.11 Å². The van der Waals surface area contributed by atoms with Crippen molar-refractivity contribution in [2.75, 3.05) is 31.1 Å². The van der Waals surface area contributed by atoms with Crippen LogP contribution in [0.4, 0.5) is 5.69 Å². The van der Waals surface area contributed by atoms with Crippen LogP contribution in [0.1, 0.15) is 12.5 Å². The van der Waals surface area contributed by atoms with E-state index < -0.39 is 0 Å². The number of aliphatic hydroxyl groups excluding tert-OH is 1. The van der Waals surface area contributed by atoms with Gasteiger partial charge in [-0.2, -0.15) is 0 Å². The van der Waals surface area contributed by atoms with Crippen LogP contribution in [0.3, 0.4) is 0 Å². The zero-order valence-electron chi connectivity index (χ0n) is 10.4. The molecule has 0 aliphatic rings. The molecule has 94 valence electrons. The van der Waals surface area contributed by atoms with E-state index in [1.807, 2.05) is 38.1 Å². The summed E-state index contributed by atoms with van der Waals surface area (Å²) in [6.45, 7) is 5.34. The number of aryl methyl sites for hydroxylation is 1. The Hall–Kier alpha value is -1.39. The van der Waals surface area contributed by atoms with Crippen LogP contribution >= 0.6 is 0 Å². The summed E-state index contributed by atoms with van der Waals surface area (Å²) in [4.78, 5) is 13.7. The number of likely N-dealkylation sites (N-methyl/N-ethyl adjacent to an activating group) is 1. The topological polar surface area (TPSA) is 52.6 Å². The van der Waals surface area contributed by atoms with Gasteiger partial charge in [-0.05, 0) is 31.5 Å². The molecule has 4 nitrogen and oxygen atoms in total. The van der Waals surface area contributed by atoms with Crippen LogP contribution in [0.5, 0.6) is 0 Å². The highest BCUT2D eigenvalue weighted by atomic mass is 16.3. The van der Waals surface area contributed by atoms with E-state index in [9.17, 15) is 4.79 Å². The summed E-state index contributed by atoms with van der Waals surface area (Å²) in [7, 11) is 0. The lowest BCUT2D eigenvalue weighted by atomic mass is 10.2. The molecule has 0 heterocycles. The largest absolute Gasteiger partial charge is 0.395 e. The van der Waals surface area contributed by atoms with Crippen molar-refractivity contribution in [1.29, 1.82) is 0 Å². The third-order valence-electron chi connectivity index (χ3n) is 2.50. The molecule has 4 heteroatoms. The summed E-state index contributed by atoms with van der Waals surface area (Å²) < 4.78 is 0. The van der Waals surface area contributed by atoms with Gasteiger partial charge in [0.1, 0.15) is 0 Å². The van der Waals surface area contributed by atoms with Gasteiger partial charge >= 0.3 is 0 Å². The number of anilines is 1. The van der Waals surface area contributed by atoms with Crippen LogP contribution in [0.25, 0.3) is 0 Å². The monoisotopic (exact) mass is 236 g/mol. The number of carbonyl (C=O) groups is 1. The summed E-state index contributed by atoms with van der Waals surface area (Å²) in [5, 5.41) is 11.5. The summed E-state index contributed by atoms with van der Waals surface area (Å²) in [5.41, 5.74) is 2.06. The summed E-state index contributed by atoms with van der Waals surface area (Å²) in [6, 6.07) is 7.88. The van der Waals surface area contributed by atoms with E-state index >= 15 is 0 Å². The molecule has 0 bridgehead atoms. The maximum absolute atomic E-state index is 11.9. The smallest absolute Gasteiger partial charge is 0.240 e. The van der Waals surface area contributed by atoms with Crippen molar-refractivity contribution in [2.45, 2.75) is 13.8 Å². The van der Waals surface area contributed by atoms with Crippen molar-refractivity contribution >= 4 is 11.6 Å². The average molecular weight is 236 g/mol. The standard InChI is InChI=1S/C13H20N2O2/c1-3-15(13(17)10-14-7-8-16)12-6-4-5-11(2)9-12/h4-6,9,14,16H,3,7-8,10H2,1-2H3. The number of amides is 1. The first-order chi connectivity index (χ1) is 8.19. The van der Waals surface area contributed by atoms with Gasteiger partial charge in [0.15, 0.2) is 0 Å². The Morgan fingerprint density at radius 2 is 2.24 bits per heavy atom. The molecule has 1 rings (SSSR count). The quantitative estimate of drug-likeness (QED) is 0.722. The summed E-state index contributed by atoms with van der Waals surface area (Å²) in [5.74, 6) is 0.0200. The second-order valence-corrected chi connectivity index (χ2v) is 3.88. The van der Waals surface area contributed by atoms with E-state index in [0.29, 0.717) is 13.1 Å². The fourth-order valence-electron chi connectivity index (χ4n) is 1.67. The first-order valence-corrected chi connectivity index (χ1v) is 5.87. The first kappa shape index (κ1) is 13.7. The van der Waals surface area contributed by atoms with Crippen molar-refractivity contribution in [3.8, 4) is 0 Å². The van der Waals surface area contributed by atoms with Gasteiger partial charge in [-0.15, -0.1) is 0 Å². The third-order valence-corrected chi connectivity index (χ3v) is 2.50. The number of nitrogens with one attached hydrogen (secondary N) is 1. The third kappa shape index (κ3) is 4.17. The van der Waals surface area contributed by atoms with E-state index in [1.54, 1.807) is 4.90 Å². The minimum atomic E-state index is 0.0200. The van der Waals surface area contributed by atoms with Gasteiger partial charge in [0.2, 0.25) is 5.91 Å². The van der Waals surface area contributed by atoms with Crippen LogP contribution in [0.2, 0.25) is 0 Å². The maximum atomic E-state index is 11.9. The second-order valence-electron chi connectivity index (χ2n) is 3.88. The van der Waals surface area contributed by atoms with Crippen molar-refractivity contribution < 1.29 is 9.90 Å². The number of carbonyl (C=O) groups excluding carboxylic acids is 1. The number of rotatable bonds is 6. The lowest BCUT2D eigenvalue weighted by molar-refractivity contribution is -0.117. The second kappa shape index (κ2) is 7.04. The molecule has 0 fully saturated rings. The maximum Gasteiger partial charge on any atom is 0.240 e. The molecule has 0 saturated heterocycles. The van der Waals surface area contributed by atoms with E-state index in [2.05, 4.69) is 5.32 Å². The highest BCUT2D eigenvalue weighted by Gasteiger charge is 2.12. The Balaban J connectivity index is 2.67. The summed E-state index contributed by atoms with van der Waals surface area (Å²) in [6.07, 6.45) is 0. The Morgan fingerprint density at radius 1 is 1.47 bits per heavy atom. The fraction of sp³-hybridized carbons (Fsp3) is 0.462. The van der Waals surface area contributed by atoms with Crippen molar-refractivity contribution in [3.05, 3.63) is 29.8 Å². The van der Waals surface area contributed by atoms with Crippen molar-refractivity contribution in [3.63, 3.8) is 0 Å². The molecule has 0 saturated carbocycles. The fourth-order valence-corrected chi connectivity index (χ4v) is 1.67. The first-order valence-electron chi connectivity index (χ1n) is 5.87. The molecule has 0 radical (unpaired) electrons. The highest BCUT2D eigenvalue weighted by molar-refractivity contribution is 5.94. The predicted octanol–water partition coefficient (Wildman–Crippen LogP) is 0.930. The molecule has 0 unspecified atom stereocenters. The van der Waals surface area contributed by atoms with E-state index in [1.165, 1.54) is 0 Å². The zero-order chi connectivity index (χ0) is 12.7. The van der Waals surface area contributed by atoms with Crippen LogP contribution in [0.15, 0.2) is 24.3 Å². The van der Waals surface area contributed by atoms with Gasteiger partial charge in [-0.3, -0.25) is 4.79 Å². The molecule has 1 amide bonds. The molecule has 1 aromatic carbocycles. The van der Waals surface area contributed by atoms with E-state index in [0.717, 1.165) is 11.3 Å². The van der Waals surface area contributed by atoms with Gasteiger partial charge in [0.05, 0.1) is 13.2 Å². The molecule has 1 aromatic rings. The molecule has 0 spiro atoms. The molecule has 0 aromatic heterocycles. The Morgan fingerprint density at radius 3 is 2.82 bits per heavy atom. The normalized spacial score (nSPS) is 10.3. The Kier molecular flexibility index (Phi) is 5.66. The average Bonchev–Trinajstić information content (AvgIpc) is 2.30. The Labute approximate surface area is 102 Å². The van der Waals surface area contributed by atoms with Gasteiger partial charge in [0.25, 0.3) is 0 Å². The number of hydrogen-bond donors (Lipinski definition) is 2. The van der Waals surface area contributed by atoms with Gasteiger partial charge in [0, 0.05) is 18.8 Å². The lowest BCUT2D eigenvalue weighted by Crippen LogP contribution is -2.39. The highest BCUT2D eigenvalue weighted by Crippen LogP contribution is 2.15. The predicted molar refractivity (Wildman–Crippen MR) is 69.2 cm³/mol. The molecular formula is C13H20N2O2. The summed E-state index contributed by atoms with van der Waals surface area (Å²) >= 11 is 0. The van der Waals surface area contributed by atoms with Gasteiger partial charge < -0.3 is 15.3 Å². The van der Waals surface area contributed by atoms with E-state index in [-0.39, 0.29) is 19.1 Å². The lowest BCUT2D eigenvalue weighted by Gasteiger charge is -2.21. The number of hydrogen-bond acceptors (Lipinski definition) is 3. The molecular weight excluding hydrogens is 216 g/mol. The minimum Gasteiger partial charge on any atom is -0.395 e. The SMILES string of the molecule is CCN(C(=O)CNCCO)c1cccc(C)c1. The Bertz CT molecular complexity index is 366. The van der Waals surface area contributed by atoms with Crippen LogP contribution in [-0.4, -0.2) is 37.3 Å². The van der Waals surface area contributed by atoms with Crippen molar-refractivity contribution in [1.82, 2.24) is 5.32 Å². The van der Waals surface area contributed by atoms with Crippen LogP contribution in [0, 0.1) is 6.92 Å². The molecule has 0 atom stereocenters.